The molecule has 5 heterocycles. The van der Waals surface area contributed by atoms with Crippen LogP contribution in [0.4, 0.5) is 20.7 Å². The summed E-state index contributed by atoms with van der Waals surface area (Å²) in [6.45, 7) is 1.70. The van der Waals surface area contributed by atoms with Crippen LogP contribution in [-0.2, 0) is 6.54 Å². The van der Waals surface area contributed by atoms with E-state index in [-0.39, 0.29) is 42.7 Å². The van der Waals surface area contributed by atoms with Gasteiger partial charge in [0.2, 0.25) is 11.9 Å². The predicted octanol–water partition coefficient (Wildman–Crippen LogP) is 6.34. The van der Waals surface area contributed by atoms with Crippen LogP contribution >= 0.6 is 0 Å². The Labute approximate surface area is 370 Å². The Kier molecular flexibility index (Phi) is 11.2. The number of piperidine rings is 1. The molecular weight excluding hydrogens is 837 g/mol. The molecule has 2 aliphatic rings. The van der Waals surface area contributed by atoms with E-state index >= 15 is 0 Å². The number of methoxy groups -OCH3 is 1. The molecule has 16 nitrogen and oxygen atoms in total. The number of anilines is 2. The van der Waals surface area contributed by atoms with Crippen molar-refractivity contribution in [2.45, 2.75) is 44.3 Å². The van der Waals surface area contributed by atoms with Gasteiger partial charge in [-0.2, -0.15) is 9.97 Å². The summed E-state index contributed by atoms with van der Waals surface area (Å²) in [6.07, 6.45) is 7.18. The molecule has 0 bridgehead atoms. The summed E-state index contributed by atoms with van der Waals surface area (Å²) < 4.78 is 53.3. The zero-order valence-corrected chi connectivity index (χ0v) is 35.7. The smallest absolute Gasteiger partial charge is 0.339 e. The maximum atomic E-state index is 14.9. The second-order valence-corrected chi connectivity index (χ2v) is 16.2. The molecule has 1 saturated heterocycles. The van der Waals surface area contributed by atoms with E-state index in [9.17, 15) is 18.4 Å². The van der Waals surface area contributed by atoms with Gasteiger partial charge in [0.05, 0.1) is 43.1 Å². The molecule has 1 unspecified atom stereocenters. The normalized spacial score (nSPS) is 15.4. The first-order chi connectivity index (χ1) is 31.7. The summed E-state index contributed by atoms with van der Waals surface area (Å²) in [5, 5.41) is 6.73. The number of likely N-dealkylation sites (tertiary alicyclic amines) is 1. The molecule has 1 saturated carbocycles. The van der Waals surface area contributed by atoms with Crippen molar-refractivity contribution in [3.05, 3.63) is 142 Å². The third kappa shape index (κ3) is 8.47. The highest BCUT2D eigenvalue weighted by Crippen LogP contribution is 2.28. The fourth-order valence-electron chi connectivity index (χ4n) is 8.24. The third-order valence-corrected chi connectivity index (χ3v) is 11.6. The molecule has 8 aromatic rings. The molecule has 4 aromatic heterocycles. The van der Waals surface area contributed by atoms with Crippen LogP contribution in [0, 0.1) is 11.6 Å². The maximum absolute atomic E-state index is 14.9. The Hall–Kier alpha value is -7.60. The monoisotopic (exact) mass is 881 g/mol. The van der Waals surface area contributed by atoms with Gasteiger partial charge in [-0.25, -0.2) is 37.5 Å². The summed E-state index contributed by atoms with van der Waals surface area (Å²) in [5.41, 5.74) is 1.94. The first-order valence-electron chi connectivity index (χ1n) is 21.4. The second kappa shape index (κ2) is 17.5. The molecule has 0 spiro atoms. The second-order valence-electron chi connectivity index (χ2n) is 16.2. The average molecular weight is 882 g/mol. The number of imidazole rings is 2. The van der Waals surface area contributed by atoms with Crippen molar-refractivity contribution >= 4 is 34.2 Å². The number of rotatable bonds is 15. The van der Waals surface area contributed by atoms with E-state index in [1.165, 1.54) is 26.0 Å². The summed E-state index contributed by atoms with van der Waals surface area (Å²) in [6, 6.07) is 25.3. The highest BCUT2D eigenvalue weighted by Gasteiger charge is 2.25. The Morgan fingerprint density at radius 3 is 1.82 bits per heavy atom. The maximum Gasteiger partial charge on any atom is 0.339 e. The number of ether oxygens (including phenoxy) is 3. The van der Waals surface area contributed by atoms with Crippen molar-refractivity contribution in [3.8, 4) is 34.3 Å². The van der Waals surface area contributed by atoms with Crippen molar-refractivity contribution in [1.29, 1.82) is 0 Å². The molecule has 0 amide bonds. The van der Waals surface area contributed by atoms with Crippen molar-refractivity contribution in [2.24, 2.45) is 0 Å². The first-order valence-corrected chi connectivity index (χ1v) is 21.4. The van der Waals surface area contributed by atoms with E-state index < -0.39 is 17.3 Å². The van der Waals surface area contributed by atoms with Crippen LogP contribution in [0.15, 0.2) is 113 Å². The van der Waals surface area contributed by atoms with E-state index in [1.54, 1.807) is 66.4 Å². The molecule has 65 heavy (non-hydrogen) atoms. The lowest BCUT2D eigenvalue weighted by molar-refractivity contribution is 0.217. The number of nitrogens with zero attached hydrogens (tertiary/aromatic N) is 9. The number of aromatic nitrogens is 8. The van der Waals surface area contributed by atoms with Gasteiger partial charge >= 0.3 is 11.4 Å². The van der Waals surface area contributed by atoms with E-state index in [0.717, 1.165) is 50.9 Å². The lowest BCUT2D eigenvalue weighted by Gasteiger charge is -2.30. The number of nitrogens with one attached hydrogen (secondary N) is 2. The zero-order valence-electron chi connectivity index (χ0n) is 35.7. The minimum atomic E-state index is -0.765. The van der Waals surface area contributed by atoms with Gasteiger partial charge in [0, 0.05) is 42.4 Å². The van der Waals surface area contributed by atoms with Crippen molar-refractivity contribution in [1.82, 2.24) is 43.1 Å². The van der Waals surface area contributed by atoms with Gasteiger partial charge in [0.25, 0.3) is 0 Å². The van der Waals surface area contributed by atoms with Gasteiger partial charge in [-0.15, -0.1) is 0 Å². The van der Waals surface area contributed by atoms with Crippen molar-refractivity contribution < 1.29 is 23.0 Å². The molecule has 332 valence electrons. The van der Waals surface area contributed by atoms with E-state index in [2.05, 4.69) is 32.5 Å². The first kappa shape index (κ1) is 41.4. The number of benzene rings is 4. The largest absolute Gasteiger partial charge is 0.497 e. The van der Waals surface area contributed by atoms with Crippen LogP contribution in [0.2, 0.25) is 0 Å². The molecule has 2 N–H and O–H groups in total. The van der Waals surface area contributed by atoms with Gasteiger partial charge in [-0.1, -0.05) is 24.3 Å². The van der Waals surface area contributed by atoms with Crippen LogP contribution in [0.25, 0.3) is 39.4 Å². The Balaban J connectivity index is 0.900. The van der Waals surface area contributed by atoms with Crippen LogP contribution in [0.5, 0.6) is 17.2 Å². The van der Waals surface area contributed by atoms with E-state index in [0.29, 0.717) is 68.9 Å². The van der Waals surface area contributed by atoms with Crippen LogP contribution in [0.1, 0.15) is 31.2 Å². The van der Waals surface area contributed by atoms with Gasteiger partial charge < -0.3 is 29.7 Å². The quantitative estimate of drug-likeness (QED) is 0.110. The topological polar surface area (TPSA) is 160 Å². The minimum Gasteiger partial charge on any atom is -0.497 e. The SMILES string of the molecule is COc1cccc(-n2c(=O)n(-c3cccc(OCCOc4cccc(-n5c(=O)n(Cc6c(F)cccc6F)c6cnc(NC7CCCN(C)C7)nc65)c4)c3)c3nc(NC4CC4)ncc32)c1. The molecule has 18 heteroatoms. The van der Waals surface area contributed by atoms with Gasteiger partial charge in [0.15, 0.2) is 11.3 Å². The van der Waals surface area contributed by atoms with Crippen molar-refractivity contribution in [3.63, 3.8) is 0 Å². The number of likely N-dealkylation sites (N-methyl/N-ethyl adjacent to an activating group) is 1. The van der Waals surface area contributed by atoms with Crippen LogP contribution < -0.4 is 36.2 Å². The highest BCUT2D eigenvalue weighted by molar-refractivity contribution is 5.77. The molecule has 1 atom stereocenters. The molecule has 4 aromatic carbocycles. The van der Waals surface area contributed by atoms with Crippen LogP contribution in [-0.4, -0.2) is 95.6 Å². The summed E-state index contributed by atoms with van der Waals surface area (Å²) >= 11 is 0. The molecule has 10 rings (SSSR count). The summed E-state index contributed by atoms with van der Waals surface area (Å²) in [4.78, 5) is 49.4. The standard InChI is InChI=1S/C47H45F2N11O5/c1-56-19-7-8-30(27-56)53-45-50-25-40-42(54-45)59(46(61)57(40)28-37-38(48)15-6-16-39(37)49)32-10-4-13-35(23-32)64-20-21-65-36-14-5-11-33(24-36)60-43-41(26-51-44(55-43)52-29-17-18-29)58(47(60)62)31-9-3-12-34(22-31)63-2/h3-6,9-16,22-26,29-30H,7-8,17-21,27-28H2,1-2H3,(H,50,53,54)(H,51,52,55). The average Bonchev–Trinajstić information content (AvgIpc) is 4.02. The van der Waals surface area contributed by atoms with Gasteiger partial charge in [0.1, 0.15) is 53.1 Å². The highest BCUT2D eigenvalue weighted by atomic mass is 19.1. The lowest BCUT2D eigenvalue weighted by atomic mass is 10.1. The van der Waals surface area contributed by atoms with E-state index in [4.69, 9.17) is 24.2 Å². The minimum absolute atomic E-state index is 0.105. The molecule has 2 fully saturated rings. The number of hydrogen-bond acceptors (Lipinski definition) is 12. The van der Waals surface area contributed by atoms with Crippen molar-refractivity contribution in [2.75, 3.05) is 51.1 Å². The Morgan fingerprint density at radius 2 is 1.20 bits per heavy atom. The number of hydrogen-bond donors (Lipinski definition) is 2. The molecule has 1 aliphatic heterocycles. The third-order valence-electron chi connectivity index (χ3n) is 11.6. The molecule has 0 radical (unpaired) electrons. The Bertz CT molecular complexity index is 3160. The fraction of sp³-hybridized carbons (Fsp3) is 0.277. The van der Waals surface area contributed by atoms with E-state index in [1.807, 2.05) is 24.3 Å². The fourth-order valence-corrected chi connectivity index (χ4v) is 8.24. The Morgan fingerprint density at radius 1 is 0.662 bits per heavy atom. The predicted molar refractivity (Wildman–Crippen MR) is 241 cm³/mol. The summed E-state index contributed by atoms with van der Waals surface area (Å²) in [7, 11) is 3.63. The van der Waals surface area contributed by atoms with Gasteiger partial charge in [-0.3, -0.25) is 9.13 Å². The summed E-state index contributed by atoms with van der Waals surface area (Å²) in [5.74, 6) is 0.786. The number of fused-ring (bicyclic) bond motifs is 2. The zero-order chi connectivity index (χ0) is 44.6. The lowest BCUT2D eigenvalue weighted by Crippen LogP contribution is -2.40. The molecular formula is C47H45F2N11O5. The molecule has 1 aliphatic carbocycles. The van der Waals surface area contributed by atoms with Crippen LogP contribution in [0.3, 0.4) is 0 Å². The number of halogens is 2. The van der Waals surface area contributed by atoms with Gasteiger partial charge in [-0.05, 0) is 87.8 Å².